The standard InChI is InChI=1S/C21H26N6O/c1-3-19-24-20(26-25-19)14-27-12-9-15(10-13-27)21-22-11-8-17(23-21)16-6-4-5-7-18(16)28-2/h4-8,11,15H,3,9-10,12-14H2,1-2H3,(H,24,25,26). The highest BCUT2D eigenvalue weighted by molar-refractivity contribution is 5.66. The van der Waals surface area contributed by atoms with Crippen LogP contribution in [0.15, 0.2) is 36.5 Å². The molecule has 0 spiro atoms. The van der Waals surface area contributed by atoms with Crippen molar-refractivity contribution in [3.8, 4) is 17.0 Å². The molecule has 1 fully saturated rings. The van der Waals surface area contributed by atoms with E-state index in [2.05, 4.69) is 32.0 Å². The minimum absolute atomic E-state index is 0.381. The Morgan fingerprint density at radius 1 is 1.14 bits per heavy atom. The molecule has 1 N–H and O–H groups in total. The van der Waals surface area contributed by atoms with E-state index >= 15 is 0 Å². The molecule has 0 saturated carbocycles. The smallest absolute Gasteiger partial charge is 0.150 e. The van der Waals surface area contributed by atoms with Crippen molar-refractivity contribution in [1.82, 2.24) is 30.0 Å². The Kier molecular flexibility index (Phi) is 5.62. The van der Waals surface area contributed by atoms with Gasteiger partial charge in [0.2, 0.25) is 0 Å². The highest BCUT2D eigenvalue weighted by Gasteiger charge is 2.24. The SMILES string of the molecule is CCc1n[nH]c(CN2CCC(c3nccc(-c4ccccc4OC)n3)CC2)n1. The molecule has 28 heavy (non-hydrogen) atoms. The van der Waals surface area contributed by atoms with Gasteiger partial charge >= 0.3 is 0 Å². The first kappa shape index (κ1) is 18.6. The summed E-state index contributed by atoms with van der Waals surface area (Å²) in [7, 11) is 1.69. The van der Waals surface area contributed by atoms with Crippen molar-refractivity contribution < 1.29 is 4.74 Å². The van der Waals surface area contributed by atoms with Gasteiger partial charge in [-0.05, 0) is 44.1 Å². The lowest BCUT2D eigenvalue weighted by Crippen LogP contribution is -2.33. The molecule has 4 rings (SSSR count). The molecule has 3 aromatic rings. The van der Waals surface area contributed by atoms with Crippen LogP contribution >= 0.6 is 0 Å². The van der Waals surface area contributed by atoms with Gasteiger partial charge in [-0.15, -0.1) is 0 Å². The molecule has 1 aliphatic heterocycles. The van der Waals surface area contributed by atoms with Gasteiger partial charge in [0.15, 0.2) is 0 Å². The molecule has 1 aliphatic rings. The van der Waals surface area contributed by atoms with E-state index in [9.17, 15) is 0 Å². The van der Waals surface area contributed by atoms with E-state index in [0.717, 1.165) is 73.4 Å². The summed E-state index contributed by atoms with van der Waals surface area (Å²) in [6.45, 7) is 4.91. The normalized spacial score (nSPS) is 15.6. The average Bonchev–Trinajstić information content (AvgIpc) is 3.22. The fraction of sp³-hybridized carbons (Fsp3) is 0.429. The number of aryl methyl sites for hydroxylation is 1. The maximum atomic E-state index is 5.48. The number of benzene rings is 1. The van der Waals surface area contributed by atoms with Crippen LogP contribution in [-0.4, -0.2) is 50.2 Å². The summed E-state index contributed by atoms with van der Waals surface area (Å²) in [6.07, 6.45) is 4.81. The number of hydrogen-bond acceptors (Lipinski definition) is 6. The van der Waals surface area contributed by atoms with E-state index in [-0.39, 0.29) is 0 Å². The van der Waals surface area contributed by atoms with Crippen molar-refractivity contribution in [2.45, 2.75) is 38.6 Å². The molecule has 7 nitrogen and oxygen atoms in total. The molecule has 1 aromatic carbocycles. The molecule has 146 valence electrons. The van der Waals surface area contributed by atoms with E-state index in [1.807, 2.05) is 36.5 Å². The molecule has 0 unspecified atom stereocenters. The van der Waals surface area contributed by atoms with Gasteiger partial charge in [0.25, 0.3) is 0 Å². The van der Waals surface area contributed by atoms with Gasteiger partial charge in [-0.1, -0.05) is 19.1 Å². The number of ether oxygens (including phenoxy) is 1. The molecule has 3 heterocycles. The van der Waals surface area contributed by atoms with Crippen LogP contribution in [0.1, 0.15) is 43.2 Å². The number of aromatic nitrogens is 5. The van der Waals surface area contributed by atoms with Crippen LogP contribution in [0.25, 0.3) is 11.3 Å². The van der Waals surface area contributed by atoms with Crippen LogP contribution in [0, 0.1) is 0 Å². The fourth-order valence-electron chi connectivity index (χ4n) is 3.70. The average molecular weight is 378 g/mol. The monoisotopic (exact) mass is 378 g/mol. The molecule has 1 saturated heterocycles. The van der Waals surface area contributed by atoms with E-state index in [0.29, 0.717) is 5.92 Å². The van der Waals surface area contributed by atoms with Crippen LogP contribution in [0.4, 0.5) is 0 Å². The number of para-hydroxylation sites is 1. The number of rotatable bonds is 6. The van der Waals surface area contributed by atoms with Crippen molar-refractivity contribution in [3.63, 3.8) is 0 Å². The van der Waals surface area contributed by atoms with Crippen molar-refractivity contribution in [3.05, 3.63) is 54.0 Å². The summed E-state index contributed by atoms with van der Waals surface area (Å²) in [5.41, 5.74) is 1.92. The van der Waals surface area contributed by atoms with Crippen molar-refractivity contribution >= 4 is 0 Å². The highest BCUT2D eigenvalue weighted by atomic mass is 16.5. The van der Waals surface area contributed by atoms with Crippen molar-refractivity contribution in [1.29, 1.82) is 0 Å². The molecule has 7 heteroatoms. The predicted octanol–water partition coefficient (Wildman–Crippen LogP) is 3.21. The zero-order chi connectivity index (χ0) is 19.3. The number of piperidine rings is 1. The topological polar surface area (TPSA) is 79.8 Å². The lowest BCUT2D eigenvalue weighted by molar-refractivity contribution is 0.197. The molecule has 2 aromatic heterocycles. The molecule has 0 atom stereocenters. The largest absolute Gasteiger partial charge is 0.496 e. The Hall–Kier alpha value is -2.80. The summed E-state index contributed by atoms with van der Waals surface area (Å²) in [6, 6.07) is 9.92. The minimum Gasteiger partial charge on any atom is -0.496 e. The summed E-state index contributed by atoms with van der Waals surface area (Å²) in [5, 5.41) is 7.27. The molecule has 0 bridgehead atoms. The van der Waals surface area contributed by atoms with Crippen LogP contribution in [-0.2, 0) is 13.0 Å². The third-order valence-electron chi connectivity index (χ3n) is 5.28. The Balaban J connectivity index is 1.42. The first-order valence-electron chi connectivity index (χ1n) is 9.85. The quantitative estimate of drug-likeness (QED) is 0.709. The molecular formula is C21H26N6O. The van der Waals surface area contributed by atoms with Crippen molar-refractivity contribution in [2.75, 3.05) is 20.2 Å². The van der Waals surface area contributed by atoms with Gasteiger partial charge in [-0.3, -0.25) is 10.00 Å². The number of nitrogens with one attached hydrogen (secondary N) is 1. The second kappa shape index (κ2) is 8.48. The number of aromatic amines is 1. The van der Waals surface area contributed by atoms with Crippen LogP contribution in [0.5, 0.6) is 5.75 Å². The molecular weight excluding hydrogens is 352 g/mol. The van der Waals surface area contributed by atoms with E-state index in [4.69, 9.17) is 9.72 Å². The molecule has 0 amide bonds. The van der Waals surface area contributed by atoms with E-state index < -0.39 is 0 Å². The second-order valence-corrected chi connectivity index (χ2v) is 7.10. The summed E-state index contributed by atoms with van der Waals surface area (Å²) in [4.78, 5) is 16.4. The number of likely N-dealkylation sites (tertiary alicyclic amines) is 1. The number of H-pyrrole nitrogens is 1. The van der Waals surface area contributed by atoms with Crippen LogP contribution in [0.2, 0.25) is 0 Å². The lowest BCUT2D eigenvalue weighted by atomic mass is 9.95. The van der Waals surface area contributed by atoms with Gasteiger partial charge in [0.05, 0.1) is 19.3 Å². The zero-order valence-corrected chi connectivity index (χ0v) is 16.4. The zero-order valence-electron chi connectivity index (χ0n) is 16.4. The Labute approximate surface area is 165 Å². The number of hydrogen-bond donors (Lipinski definition) is 1. The minimum atomic E-state index is 0.381. The van der Waals surface area contributed by atoms with Crippen LogP contribution < -0.4 is 4.74 Å². The summed E-state index contributed by atoms with van der Waals surface area (Å²) < 4.78 is 5.48. The van der Waals surface area contributed by atoms with E-state index in [1.54, 1.807) is 7.11 Å². The molecule has 0 aliphatic carbocycles. The maximum Gasteiger partial charge on any atom is 0.150 e. The highest BCUT2D eigenvalue weighted by Crippen LogP contribution is 2.31. The Morgan fingerprint density at radius 2 is 1.96 bits per heavy atom. The van der Waals surface area contributed by atoms with Gasteiger partial charge < -0.3 is 4.74 Å². The summed E-state index contributed by atoms with van der Waals surface area (Å²) in [5.74, 6) is 3.97. The van der Waals surface area contributed by atoms with Gasteiger partial charge in [0.1, 0.15) is 23.2 Å². The first-order valence-corrected chi connectivity index (χ1v) is 9.85. The third-order valence-corrected chi connectivity index (χ3v) is 5.28. The van der Waals surface area contributed by atoms with Gasteiger partial charge in [-0.25, -0.2) is 15.0 Å². The second-order valence-electron chi connectivity index (χ2n) is 7.10. The fourth-order valence-corrected chi connectivity index (χ4v) is 3.70. The maximum absolute atomic E-state index is 5.48. The van der Waals surface area contributed by atoms with Crippen molar-refractivity contribution in [2.24, 2.45) is 0 Å². The van der Waals surface area contributed by atoms with Crippen LogP contribution in [0.3, 0.4) is 0 Å². The van der Waals surface area contributed by atoms with E-state index in [1.165, 1.54) is 0 Å². The summed E-state index contributed by atoms with van der Waals surface area (Å²) >= 11 is 0. The Bertz CT molecular complexity index is 917. The third kappa shape index (κ3) is 4.04. The predicted molar refractivity (Wildman–Crippen MR) is 107 cm³/mol. The van der Waals surface area contributed by atoms with Gasteiger partial charge in [0, 0.05) is 24.1 Å². The molecule has 0 radical (unpaired) electrons. The van der Waals surface area contributed by atoms with Gasteiger partial charge in [-0.2, -0.15) is 5.10 Å². The number of nitrogens with zero attached hydrogens (tertiary/aromatic N) is 5. The number of methoxy groups -OCH3 is 1. The Morgan fingerprint density at radius 3 is 2.71 bits per heavy atom. The lowest BCUT2D eigenvalue weighted by Gasteiger charge is -2.30. The first-order chi connectivity index (χ1) is 13.8.